The van der Waals surface area contributed by atoms with Crippen molar-refractivity contribution >= 4 is 15.9 Å². The quantitative estimate of drug-likeness (QED) is 0.760. The standard InChI is InChI=1S/C14H22BrNO2/c1-4-7-16-9-14(3,17)10-18-12-5-6-13(15)11(2)8-12/h5-6,8,16-17H,4,7,9-10H2,1-3H3. The van der Waals surface area contributed by atoms with Crippen molar-refractivity contribution in [3.8, 4) is 5.75 Å². The molecule has 3 nitrogen and oxygen atoms in total. The van der Waals surface area contributed by atoms with E-state index >= 15 is 0 Å². The molecule has 0 heterocycles. The lowest BCUT2D eigenvalue weighted by atomic mass is 10.1. The average Bonchev–Trinajstić information content (AvgIpc) is 2.31. The maximum Gasteiger partial charge on any atom is 0.119 e. The first-order valence-electron chi connectivity index (χ1n) is 6.26. The van der Waals surface area contributed by atoms with Crippen LogP contribution in [0.5, 0.6) is 5.75 Å². The van der Waals surface area contributed by atoms with E-state index in [9.17, 15) is 5.11 Å². The Labute approximate surface area is 118 Å². The number of ether oxygens (including phenoxy) is 1. The molecule has 1 rings (SSSR count). The van der Waals surface area contributed by atoms with Crippen molar-refractivity contribution in [2.45, 2.75) is 32.8 Å². The van der Waals surface area contributed by atoms with Crippen LogP contribution in [0.3, 0.4) is 0 Å². The first-order valence-corrected chi connectivity index (χ1v) is 7.06. The minimum atomic E-state index is -0.851. The van der Waals surface area contributed by atoms with Crippen LogP contribution in [0.15, 0.2) is 22.7 Å². The summed E-state index contributed by atoms with van der Waals surface area (Å²) < 4.78 is 6.69. The number of hydrogen-bond acceptors (Lipinski definition) is 3. The predicted molar refractivity (Wildman–Crippen MR) is 78.2 cm³/mol. The Morgan fingerprint density at radius 3 is 2.78 bits per heavy atom. The van der Waals surface area contributed by atoms with Gasteiger partial charge in [-0.2, -0.15) is 0 Å². The van der Waals surface area contributed by atoms with E-state index in [4.69, 9.17) is 4.74 Å². The first kappa shape index (κ1) is 15.5. The van der Waals surface area contributed by atoms with Crippen molar-refractivity contribution in [1.82, 2.24) is 5.32 Å². The molecule has 102 valence electrons. The predicted octanol–water partition coefficient (Wildman–Crippen LogP) is 2.89. The molecule has 0 aliphatic rings. The Bertz CT molecular complexity index is 380. The minimum absolute atomic E-state index is 0.283. The fourth-order valence-electron chi connectivity index (χ4n) is 1.53. The molecule has 0 aliphatic carbocycles. The van der Waals surface area contributed by atoms with Crippen LogP contribution < -0.4 is 10.1 Å². The SMILES string of the molecule is CCCNCC(C)(O)COc1ccc(Br)c(C)c1. The van der Waals surface area contributed by atoms with Crippen LogP contribution in [0.1, 0.15) is 25.8 Å². The van der Waals surface area contributed by atoms with Gasteiger partial charge in [0, 0.05) is 11.0 Å². The lowest BCUT2D eigenvalue weighted by Crippen LogP contribution is -2.43. The summed E-state index contributed by atoms with van der Waals surface area (Å²) in [5, 5.41) is 13.3. The number of aryl methyl sites for hydroxylation is 1. The molecule has 4 heteroatoms. The molecule has 0 aliphatic heterocycles. The molecule has 0 saturated carbocycles. The van der Waals surface area contributed by atoms with E-state index in [0.717, 1.165) is 28.8 Å². The summed E-state index contributed by atoms with van der Waals surface area (Å²) in [6.07, 6.45) is 1.06. The molecule has 0 fully saturated rings. The van der Waals surface area contributed by atoms with Gasteiger partial charge in [-0.15, -0.1) is 0 Å². The third kappa shape index (κ3) is 5.38. The summed E-state index contributed by atoms with van der Waals surface area (Å²) in [6, 6.07) is 5.81. The van der Waals surface area contributed by atoms with E-state index in [1.54, 1.807) is 6.92 Å². The minimum Gasteiger partial charge on any atom is -0.491 e. The zero-order valence-corrected chi connectivity index (χ0v) is 12.9. The molecule has 0 spiro atoms. The highest BCUT2D eigenvalue weighted by Gasteiger charge is 2.20. The zero-order chi connectivity index (χ0) is 13.6. The molecular formula is C14H22BrNO2. The molecule has 2 N–H and O–H groups in total. The molecule has 0 bridgehead atoms. The highest BCUT2D eigenvalue weighted by atomic mass is 79.9. The Morgan fingerprint density at radius 1 is 1.44 bits per heavy atom. The van der Waals surface area contributed by atoms with Crippen LogP contribution in [0.4, 0.5) is 0 Å². The number of nitrogens with one attached hydrogen (secondary N) is 1. The van der Waals surface area contributed by atoms with Gasteiger partial charge in [-0.1, -0.05) is 22.9 Å². The van der Waals surface area contributed by atoms with Gasteiger partial charge in [-0.25, -0.2) is 0 Å². The van der Waals surface area contributed by atoms with Gasteiger partial charge in [-0.3, -0.25) is 0 Å². The van der Waals surface area contributed by atoms with Crippen molar-refractivity contribution < 1.29 is 9.84 Å². The number of rotatable bonds is 7. The topological polar surface area (TPSA) is 41.5 Å². The van der Waals surface area contributed by atoms with Crippen molar-refractivity contribution in [2.75, 3.05) is 19.7 Å². The molecule has 18 heavy (non-hydrogen) atoms. The maximum absolute atomic E-state index is 10.1. The first-order chi connectivity index (χ1) is 8.44. The van der Waals surface area contributed by atoms with E-state index in [-0.39, 0.29) is 6.61 Å². The molecule has 0 amide bonds. The van der Waals surface area contributed by atoms with Crippen LogP contribution in [0, 0.1) is 6.92 Å². The molecule has 1 aromatic rings. The van der Waals surface area contributed by atoms with E-state index in [0.29, 0.717) is 6.54 Å². The summed E-state index contributed by atoms with van der Waals surface area (Å²) in [4.78, 5) is 0. The Morgan fingerprint density at radius 2 is 2.17 bits per heavy atom. The van der Waals surface area contributed by atoms with E-state index < -0.39 is 5.60 Å². The van der Waals surface area contributed by atoms with Gasteiger partial charge in [0.25, 0.3) is 0 Å². The van der Waals surface area contributed by atoms with E-state index in [1.165, 1.54) is 0 Å². The third-order valence-electron chi connectivity index (χ3n) is 2.61. The summed E-state index contributed by atoms with van der Waals surface area (Å²) in [5.41, 5.74) is 0.270. The lowest BCUT2D eigenvalue weighted by Gasteiger charge is -2.24. The molecule has 1 atom stereocenters. The molecule has 1 aromatic carbocycles. The van der Waals surface area contributed by atoms with Crippen LogP contribution in [0.2, 0.25) is 0 Å². The average molecular weight is 316 g/mol. The van der Waals surface area contributed by atoms with Crippen LogP contribution >= 0.6 is 15.9 Å². The van der Waals surface area contributed by atoms with Crippen molar-refractivity contribution in [1.29, 1.82) is 0 Å². The highest BCUT2D eigenvalue weighted by molar-refractivity contribution is 9.10. The Balaban J connectivity index is 2.45. The summed E-state index contributed by atoms with van der Waals surface area (Å²) in [7, 11) is 0. The zero-order valence-electron chi connectivity index (χ0n) is 11.3. The van der Waals surface area contributed by atoms with E-state index in [2.05, 4.69) is 28.2 Å². The van der Waals surface area contributed by atoms with Crippen LogP contribution in [-0.2, 0) is 0 Å². The van der Waals surface area contributed by atoms with Gasteiger partial charge in [0.2, 0.25) is 0 Å². The summed E-state index contributed by atoms with van der Waals surface area (Å²) in [5.74, 6) is 0.784. The number of hydrogen-bond donors (Lipinski definition) is 2. The largest absolute Gasteiger partial charge is 0.491 e. The fourth-order valence-corrected chi connectivity index (χ4v) is 1.78. The normalized spacial score (nSPS) is 14.3. The second-order valence-corrected chi connectivity index (χ2v) is 5.73. The lowest BCUT2D eigenvalue weighted by molar-refractivity contribution is 0.0124. The van der Waals surface area contributed by atoms with Crippen molar-refractivity contribution in [2.24, 2.45) is 0 Å². The number of halogens is 1. The summed E-state index contributed by atoms with van der Waals surface area (Å²) in [6.45, 7) is 7.62. The summed E-state index contributed by atoms with van der Waals surface area (Å²) >= 11 is 3.45. The van der Waals surface area contributed by atoms with Gasteiger partial charge in [0.1, 0.15) is 18.0 Å². The Kier molecular flexibility index (Phi) is 6.12. The van der Waals surface area contributed by atoms with Gasteiger partial charge in [0.05, 0.1) is 0 Å². The Hall–Kier alpha value is -0.580. The molecule has 0 aromatic heterocycles. The maximum atomic E-state index is 10.1. The van der Waals surface area contributed by atoms with Crippen molar-refractivity contribution in [3.05, 3.63) is 28.2 Å². The second-order valence-electron chi connectivity index (χ2n) is 4.87. The number of aliphatic hydroxyl groups is 1. The van der Waals surface area contributed by atoms with Gasteiger partial charge in [0.15, 0.2) is 0 Å². The van der Waals surface area contributed by atoms with Gasteiger partial charge < -0.3 is 15.2 Å². The molecule has 1 unspecified atom stereocenters. The number of benzene rings is 1. The molecular weight excluding hydrogens is 294 g/mol. The van der Waals surface area contributed by atoms with Crippen LogP contribution in [0.25, 0.3) is 0 Å². The molecule has 0 saturated heterocycles. The fraction of sp³-hybridized carbons (Fsp3) is 0.571. The monoisotopic (exact) mass is 315 g/mol. The van der Waals surface area contributed by atoms with Gasteiger partial charge in [-0.05, 0) is 50.6 Å². The molecule has 0 radical (unpaired) electrons. The van der Waals surface area contributed by atoms with Gasteiger partial charge >= 0.3 is 0 Å². The van der Waals surface area contributed by atoms with E-state index in [1.807, 2.05) is 25.1 Å². The van der Waals surface area contributed by atoms with Crippen LogP contribution in [-0.4, -0.2) is 30.4 Å². The van der Waals surface area contributed by atoms with Crippen molar-refractivity contribution in [3.63, 3.8) is 0 Å². The second kappa shape index (κ2) is 7.12. The smallest absolute Gasteiger partial charge is 0.119 e. The third-order valence-corrected chi connectivity index (χ3v) is 3.50. The highest BCUT2D eigenvalue weighted by Crippen LogP contribution is 2.22.